The van der Waals surface area contributed by atoms with Crippen LogP contribution in [-0.2, 0) is 4.79 Å². The highest BCUT2D eigenvalue weighted by Gasteiger charge is 2.20. The molecule has 0 aromatic heterocycles. The fraction of sp³-hybridized carbons (Fsp3) is 0.833. The molecule has 0 radical (unpaired) electrons. The SMILES string of the molecule is O.O=C(O)C1CCCC1. The largest absolute Gasteiger partial charge is 0.481 e. The van der Waals surface area contributed by atoms with E-state index in [0.29, 0.717) is 0 Å². The lowest BCUT2D eigenvalue weighted by Crippen LogP contribution is -2.07. The van der Waals surface area contributed by atoms with Crippen LogP contribution in [-0.4, -0.2) is 16.6 Å². The van der Waals surface area contributed by atoms with Crippen LogP contribution in [0.1, 0.15) is 25.7 Å². The van der Waals surface area contributed by atoms with Crippen LogP contribution in [0.2, 0.25) is 0 Å². The van der Waals surface area contributed by atoms with E-state index in [9.17, 15) is 4.79 Å². The molecule has 0 bridgehead atoms. The van der Waals surface area contributed by atoms with Crippen molar-refractivity contribution in [2.24, 2.45) is 5.92 Å². The zero-order valence-electron chi connectivity index (χ0n) is 5.26. The molecule has 0 aromatic carbocycles. The Morgan fingerprint density at radius 1 is 1.33 bits per heavy atom. The quantitative estimate of drug-likeness (QED) is 0.562. The Kier molecular flexibility index (Phi) is 3.24. The average Bonchev–Trinajstić information content (AvgIpc) is 2.12. The molecule has 0 heterocycles. The van der Waals surface area contributed by atoms with E-state index in [1.165, 1.54) is 0 Å². The van der Waals surface area contributed by atoms with Gasteiger partial charge in [-0.25, -0.2) is 0 Å². The Morgan fingerprint density at radius 3 is 2.00 bits per heavy atom. The summed E-state index contributed by atoms with van der Waals surface area (Å²) in [4.78, 5) is 10.2. The number of carbonyl (C=O) groups is 1. The summed E-state index contributed by atoms with van der Waals surface area (Å²) < 4.78 is 0. The first-order chi connectivity index (χ1) is 3.80. The van der Waals surface area contributed by atoms with Crippen molar-refractivity contribution in [2.75, 3.05) is 0 Å². The van der Waals surface area contributed by atoms with Gasteiger partial charge in [-0.1, -0.05) is 12.8 Å². The number of carboxylic acids is 1. The van der Waals surface area contributed by atoms with Gasteiger partial charge in [0, 0.05) is 0 Å². The summed E-state index contributed by atoms with van der Waals surface area (Å²) in [6, 6.07) is 0. The van der Waals surface area contributed by atoms with Gasteiger partial charge in [0.2, 0.25) is 0 Å². The number of rotatable bonds is 1. The van der Waals surface area contributed by atoms with Crippen LogP contribution in [0, 0.1) is 5.92 Å². The van der Waals surface area contributed by atoms with Crippen LogP contribution in [0.5, 0.6) is 0 Å². The lowest BCUT2D eigenvalue weighted by atomic mass is 10.1. The van der Waals surface area contributed by atoms with E-state index in [0.717, 1.165) is 25.7 Å². The molecule has 0 atom stereocenters. The van der Waals surface area contributed by atoms with Gasteiger partial charge < -0.3 is 10.6 Å². The van der Waals surface area contributed by atoms with Crippen LogP contribution < -0.4 is 0 Å². The first-order valence-corrected chi connectivity index (χ1v) is 3.03. The molecule has 0 unspecified atom stereocenters. The predicted molar refractivity (Wildman–Crippen MR) is 33.2 cm³/mol. The monoisotopic (exact) mass is 132 g/mol. The fourth-order valence-corrected chi connectivity index (χ4v) is 1.17. The van der Waals surface area contributed by atoms with Crippen molar-refractivity contribution in [1.82, 2.24) is 0 Å². The van der Waals surface area contributed by atoms with Crippen molar-refractivity contribution in [1.29, 1.82) is 0 Å². The average molecular weight is 132 g/mol. The molecule has 0 aromatic rings. The normalized spacial score (nSPS) is 19.1. The molecule has 1 aliphatic carbocycles. The molecule has 3 nitrogen and oxygen atoms in total. The summed E-state index contributed by atoms with van der Waals surface area (Å²) in [5, 5.41) is 8.41. The summed E-state index contributed by atoms with van der Waals surface area (Å²) in [7, 11) is 0. The highest BCUT2D eigenvalue weighted by atomic mass is 16.4. The van der Waals surface area contributed by atoms with Gasteiger partial charge in [0.1, 0.15) is 0 Å². The molecule has 1 rings (SSSR count). The molecular formula is C6H12O3. The number of hydrogen-bond acceptors (Lipinski definition) is 1. The Bertz CT molecular complexity index is 94.5. The van der Waals surface area contributed by atoms with Gasteiger partial charge in [0.05, 0.1) is 5.92 Å². The topological polar surface area (TPSA) is 68.8 Å². The molecule has 0 spiro atoms. The lowest BCUT2D eigenvalue weighted by Gasteiger charge is -1.97. The Labute approximate surface area is 54.0 Å². The number of hydrogen-bond donors (Lipinski definition) is 1. The summed E-state index contributed by atoms with van der Waals surface area (Å²) in [6.45, 7) is 0. The van der Waals surface area contributed by atoms with Gasteiger partial charge in [0.15, 0.2) is 0 Å². The van der Waals surface area contributed by atoms with Gasteiger partial charge in [-0.05, 0) is 12.8 Å². The highest BCUT2D eigenvalue weighted by molar-refractivity contribution is 5.70. The molecule has 1 aliphatic rings. The zero-order valence-corrected chi connectivity index (χ0v) is 5.26. The minimum Gasteiger partial charge on any atom is -0.481 e. The van der Waals surface area contributed by atoms with Crippen LogP contribution in [0.4, 0.5) is 0 Å². The van der Waals surface area contributed by atoms with Crippen molar-refractivity contribution in [2.45, 2.75) is 25.7 Å². The van der Waals surface area contributed by atoms with Crippen molar-refractivity contribution in [3.63, 3.8) is 0 Å². The first-order valence-electron chi connectivity index (χ1n) is 3.03. The number of carboxylic acid groups (broad SMARTS) is 1. The van der Waals surface area contributed by atoms with Gasteiger partial charge in [0.25, 0.3) is 0 Å². The van der Waals surface area contributed by atoms with Crippen molar-refractivity contribution in [3.05, 3.63) is 0 Å². The van der Waals surface area contributed by atoms with Crippen molar-refractivity contribution < 1.29 is 15.4 Å². The third kappa shape index (κ3) is 2.01. The Hall–Kier alpha value is -0.570. The number of aliphatic carboxylic acids is 1. The third-order valence-corrected chi connectivity index (χ3v) is 1.70. The Morgan fingerprint density at radius 2 is 1.78 bits per heavy atom. The van der Waals surface area contributed by atoms with E-state index < -0.39 is 5.97 Å². The summed E-state index contributed by atoms with van der Waals surface area (Å²) in [5.74, 6) is -0.627. The minimum atomic E-state index is -0.609. The molecule has 54 valence electrons. The van der Waals surface area contributed by atoms with Crippen LogP contribution in [0.3, 0.4) is 0 Å². The van der Waals surface area contributed by atoms with Crippen molar-refractivity contribution >= 4 is 5.97 Å². The van der Waals surface area contributed by atoms with Gasteiger partial charge in [-0.15, -0.1) is 0 Å². The summed E-state index contributed by atoms with van der Waals surface area (Å²) in [5.41, 5.74) is 0. The summed E-state index contributed by atoms with van der Waals surface area (Å²) >= 11 is 0. The van der Waals surface area contributed by atoms with Crippen LogP contribution >= 0.6 is 0 Å². The van der Waals surface area contributed by atoms with Gasteiger partial charge >= 0.3 is 5.97 Å². The zero-order chi connectivity index (χ0) is 5.98. The fourth-order valence-electron chi connectivity index (χ4n) is 1.17. The van der Waals surface area contributed by atoms with Gasteiger partial charge in [-0.3, -0.25) is 4.79 Å². The minimum absolute atomic E-state index is 0. The molecule has 3 N–H and O–H groups in total. The molecule has 3 heteroatoms. The molecule has 1 fully saturated rings. The lowest BCUT2D eigenvalue weighted by molar-refractivity contribution is -0.141. The smallest absolute Gasteiger partial charge is 0.306 e. The summed E-state index contributed by atoms with van der Waals surface area (Å²) in [6.07, 6.45) is 4.01. The van der Waals surface area contributed by atoms with Crippen molar-refractivity contribution in [3.8, 4) is 0 Å². The van der Waals surface area contributed by atoms with E-state index >= 15 is 0 Å². The molecule has 0 aliphatic heterocycles. The maximum atomic E-state index is 10.2. The second-order valence-electron chi connectivity index (χ2n) is 2.32. The molecule has 9 heavy (non-hydrogen) atoms. The van der Waals surface area contributed by atoms with E-state index in [4.69, 9.17) is 5.11 Å². The molecule has 0 saturated heterocycles. The maximum absolute atomic E-state index is 10.2. The van der Waals surface area contributed by atoms with E-state index in [2.05, 4.69) is 0 Å². The van der Waals surface area contributed by atoms with E-state index in [-0.39, 0.29) is 11.4 Å². The molecular weight excluding hydrogens is 120 g/mol. The van der Waals surface area contributed by atoms with Gasteiger partial charge in [-0.2, -0.15) is 0 Å². The van der Waals surface area contributed by atoms with Crippen LogP contribution in [0.25, 0.3) is 0 Å². The van der Waals surface area contributed by atoms with E-state index in [1.54, 1.807) is 0 Å². The Balaban J connectivity index is 0.000000640. The molecule has 1 saturated carbocycles. The van der Waals surface area contributed by atoms with Crippen LogP contribution in [0.15, 0.2) is 0 Å². The maximum Gasteiger partial charge on any atom is 0.306 e. The standard InChI is InChI=1S/C6H10O2.H2O/c7-6(8)5-3-1-2-4-5;/h5H,1-4H2,(H,7,8);1H2. The van der Waals surface area contributed by atoms with E-state index in [1.807, 2.05) is 0 Å². The third-order valence-electron chi connectivity index (χ3n) is 1.70. The predicted octanol–water partition coefficient (Wildman–Crippen LogP) is 0.436. The molecule has 0 amide bonds. The second kappa shape index (κ2) is 3.45. The second-order valence-corrected chi connectivity index (χ2v) is 2.32. The first kappa shape index (κ1) is 8.43. The highest BCUT2D eigenvalue weighted by Crippen LogP contribution is 2.24.